The van der Waals surface area contributed by atoms with Crippen LogP contribution >= 0.6 is 0 Å². The molecule has 5 rings (SSSR count). The summed E-state index contributed by atoms with van der Waals surface area (Å²) in [6.07, 6.45) is 5.45. The van der Waals surface area contributed by atoms with Crippen molar-refractivity contribution >= 4 is 17.6 Å². The Kier molecular flexibility index (Phi) is 7.39. The van der Waals surface area contributed by atoms with Crippen molar-refractivity contribution in [1.82, 2.24) is 20.1 Å². The second kappa shape index (κ2) is 11.2. The number of hydrogen-bond acceptors (Lipinski definition) is 6. The molecule has 11 heteroatoms. The van der Waals surface area contributed by atoms with Crippen LogP contribution in [0.3, 0.4) is 0 Å². The molecule has 0 radical (unpaired) electrons. The van der Waals surface area contributed by atoms with Gasteiger partial charge in [-0.2, -0.15) is 9.78 Å². The second-order valence-corrected chi connectivity index (χ2v) is 9.06. The minimum atomic E-state index is -0.958. The van der Waals surface area contributed by atoms with Gasteiger partial charge in [-0.25, -0.2) is 9.18 Å². The third-order valence-corrected chi connectivity index (χ3v) is 6.30. The number of benzene rings is 2. The number of rotatable bonds is 7. The zero-order chi connectivity index (χ0) is 27.4. The zero-order valence-electron chi connectivity index (χ0n) is 21.1. The number of carbonyl (C=O) groups is 2. The van der Waals surface area contributed by atoms with Gasteiger partial charge in [-0.3, -0.25) is 9.59 Å². The molecule has 39 heavy (non-hydrogen) atoms. The number of nitrogens with zero attached hydrogens (tertiary/aromatic N) is 3. The maximum atomic E-state index is 13.5. The van der Waals surface area contributed by atoms with Gasteiger partial charge in [0, 0.05) is 43.9 Å². The SMILES string of the molecule is CN1C(=O)[C@@H](NC(=O)n2cc(Cc3cccc(F)c3)cn2)COc2ccc(OCCc3ccc[nH]c3=O)cc21. The molecule has 2 amide bonds. The Morgan fingerprint density at radius 3 is 2.87 bits per heavy atom. The van der Waals surface area contributed by atoms with Crippen molar-refractivity contribution in [3.8, 4) is 11.5 Å². The third kappa shape index (κ3) is 5.98. The fourth-order valence-electron chi connectivity index (χ4n) is 4.26. The van der Waals surface area contributed by atoms with E-state index in [1.807, 2.05) is 0 Å². The van der Waals surface area contributed by atoms with Gasteiger partial charge in [0.15, 0.2) is 0 Å². The Morgan fingerprint density at radius 2 is 2.05 bits per heavy atom. The van der Waals surface area contributed by atoms with E-state index in [1.54, 1.807) is 55.7 Å². The van der Waals surface area contributed by atoms with E-state index >= 15 is 0 Å². The number of aromatic nitrogens is 3. The molecule has 4 aromatic rings. The van der Waals surface area contributed by atoms with Gasteiger partial charge in [0.05, 0.1) is 18.5 Å². The summed E-state index contributed by atoms with van der Waals surface area (Å²) in [5.41, 5.74) is 2.41. The molecule has 0 aliphatic carbocycles. The molecule has 2 N–H and O–H groups in total. The van der Waals surface area contributed by atoms with Crippen LogP contribution in [0, 0.1) is 5.82 Å². The zero-order valence-corrected chi connectivity index (χ0v) is 21.1. The normalized spacial score (nSPS) is 14.8. The maximum Gasteiger partial charge on any atom is 0.342 e. The lowest BCUT2D eigenvalue weighted by Gasteiger charge is -2.20. The molecule has 0 fully saturated rings. The number of likely N-dealkylation sites (N-methyl/N-ethyl adjacent to an activating group) is 1. The number of halogens is 1. The number of fused-ring (bicyclic) bond motifs is 1. The number of anilines is 1. The first-order chi connectivity index (χ1) is 18.9. The molecule has 0 spiro atoms. The van der Waals surface area contributed by atoms with Gasteiger partial charge in [-0.1, -0.05) is 18.2 Å². The first-order valence-corrected chi connectivity index (χ1v) is 12.3. The van der Waals surface area contributed by atoms with Crippen molar-refractivity contribution in [2.45, 2.75) is 18.9 Å². The molecule has 1 atom stereocenters. The molecule has 0 unspecified atom stereocenters. The Balaban J connectivity index is 1.21. The number of pyridine rings is 1. The standard InChI is InChI=1S/C28H26FN5O5/c1-33-24-14-22(38-11-9-20-5-3-10-30-26(20)35)7-8-25(24)39-17-23(27(33)36)32-28(37)34-16-19(15-31-34)12-18-4-2-6-21(29)13-18/h2-8,10,13-16,23H,9,11-12,17H2,1H3,(H,30,35)(H,32,37)/t23-/m0/s1. The highest BCUT2D eigenvalue weighted by Gasteiger charge is 2.31. The van der Waals surface area contributed by atoms with Gasteiger partial charge in [0.25, 0.3) is 11.5 Å². The second-order valence-electron chi connectivity index (χ2n) is 9.06. The van der Waals surface area contributed by atoms with Crippen LogP contribution in [0.25, 0.3) is 0 Å². The average molecular weight is 532 g/mol. The molecule has 200 valence electrons. The van der Waals surface area contributed by atoms with Gasteiger partial charge >= 0.3 is 6.03 Å². The summed E-state index contributed by atoms with van der Waals surface area (Å²) < 4.78 is 26.2. The van der Waals surface area contributed by atoms with Gasteiger partial charge < -0.3 is 24.7 Å². The first-order valence-electron chi connectivity index (χ1n) is 12.3. The highest BCUT2D eigenvalue weighted by molar-refractivity contribution is 6.00. The van der Waals surface area contributed by atoms with E-state index in [-0.39, 0.29) is 30.5 Å². The van der Waals surface area contributed by atoms with E-state index in [1.165, 1.54) is 29.4 Å². The Morgan fingerprint density at radius 1 is 1.18 bits per heavy atom. The number of hydrogen-bond donors (Lipinski definition) is 2. The van der Waals surface area contributed by atoms with E-state index in [0.29, 0.717) is 41.2 Å². The topological polar surface area (TPSA) is 119 Å². The Hall–Kier alpha value is -4.93. The maximum absolute atomic E-state index is 13.5. The summed E-state index contributed by atoms with van der Waals surface area (Å²) in [6.45, 7) is 0.199. The molecule has 0 saturated heterocycles. The molecule has 1 aliphatic rings. The smallest absolute Gasteiger partial charge is 0.342 e. The number of nitrogens with one attached hydrogen (secondary N) is 2. The third-order valence-electron chi connectivity index (χ3n) is 6.30. The summed E-state index contributed by atoms with van der Waals surface area (Å²) >= 11 is 0. The van der Waals surface area contributed by atoms with Crippen LogP contribution in [0.5, 0.6) is 11.5 Å². The van der Waals surface area contributed by atoms with Gasteiger partial charge in [0.2, 0.25) is 0 Å². The molecule has 2 aromatic heterocycles. The van der Waals surface area contributed by atoms with Crippen LogP contribution in [-0.2, 0) is 17.6 Å². The van der Waals surface area contributed by atoms with E-state index in [2.05, 4.69) is 15.4 Å². The molecule has 2 aromatic carbocycles. The van der Waals surface area contributed by atoms with Crippen molar-refractivity contribution in [3.63, 3.8) is 0 Å². The van der Waals surface area contributed by atoms with Gasteiger partial charge in [-0.05, 0) is 41.5 Å². The van der Waals surface area contributed by atoms with Gasteiger partial charge in [-0.15, -0.1) is 0 Å². The monoisotopic (exact) mass is 531 g/mol. The number of carbonyl (C=O) groups excluding carboxylic acids is 2. The minimum absolute atomic E-state index is 0.0731. The molecular weight excluding hydrogens is 505 g/mol. The van der Waals surface area contributed by atoms with E-state index in [9.17, 15) is 18.8 Å². The van der Waals surface area contributed by atoms with E-state index in [4.69, 9.17) is 9.47 Å². The number of amides is 2. The molecule has 1 aliphatic heterocycles. The molecule has 0 saturated carbocycles. The fourth-order valence-corrected chi connectivity index (χ4v) is 4.26. The molecule has 10 nitrogen and oxygen atoms in total. The lowest BCUT2D eigenvalue weighted by molar-refractivity contribution is -0.120. The summed E-state index contributed by atoms with van der Waals surface area (Å²) in [6, 6.07) is 13.2. The van der Waals surface area contributed by atoms with E-state index < -0.39 is 12.1 Å². The lowest BCUT2D eigenvalue weighted by atomic mass is 10.1. The number of H-pyrrole nitrogens is 1. The summed E-state index contributed by atoms with van der Waals surface area (Å²) in [4.78, 5) is 41.9. The number of aromatic amines is 1. The highest BCUT2D eigenvalue weighted by atomic mass is 19.1. The van der Waals surface area contributed by atoms with Crippen LogP contribution in [0.2, 0.25) is 0 Å². The molecule has 3 heterocycles. The van der Waals surface area contributed by atoms with Crippen molar-refractivity contribution in [2.75, 3.05) is 25.2 Å². The summed E-state index contributed by atoms with van der Waals surface area (Å²) in [5.74, 6) is 0.263. The van der Waals surface area contributed by atoms with Crippen molar-refractivity contribution < 1.29 is 23.5 Å². The quantitative estimate of drug-likeness (QED) is 0.379. The minimum Gasteiger partial charge on any atom is -0.493 e. The predicted molar refractivity (Wildman–Crippen MR) is 141 cm³/mol. The largest absolute Gasteiger partial charge is 0.493 e. The van der Waals surface area contributed by atoms with Crippen LogP contribution in [0.1, 0.15) is 16.7 Å². The van der Waals surface area contributed by atoms with Crippen LogP contribution in [0.15, 0.2) is 78.0 Å². The summed E-state index contributed by atoms with van der Waals surface area (Å²) in [5, 5.41) is 6.75. The van der Waals surface area contributed by atoms with Crippen molar-refractivity contribution in [1.29, 1.82) is 0 Å². The molecular formula is C28H26FN5O5. The van der Waals surface area contributed by atoms with Crippen LogP contribution < -0.4 is 25.2 Å². The summed E-state index contributed by atoms with van der Waals surface area (Å²) in [7, 11) is 1.59. The van der Waals surface area contributed by atoms with Crippen LogP contribution in [0.4, 0.5) is 14.9 Å². The Bertz CT molecular complexity index is 1570. The van der Waals surface area contributed by atoms with Crippen molar-refractivity contribution in [3.05, 3.63) is 106 Å². The highest BCUT2D eigenvalue weighted by Crippen LogP contribution is 2.34. The van der Waals surface area contributed by atoms with E-state index in [0.717, 1.165) is 10.2 Å². The Labute approximate surface area is 223 Å². The van der Waals surface area contributed by atoms with Crippen LogP contribution in [-0.4, -0.2) is 53.0 Å². The molecule has 0 bridgehead atoms. The average Bonchev–Trinajstić information content (AvgIpc) is 3.36. The number of ether oxygens (including phenoxy) is 2. The van der Waals surface area contributed by atoms with Crippen molar-refractivity contribution in [2.24, 2.45) is 0 Å². The predicted octanol–water partition coefficient (Wildman–Crippen LogP) is 2.90. The first kappa shape index (κ1) is 25.7. The lowest BCUT2D eigenvalue weighted by Crippen LogP contribution is -2.50. The fraction of sp³-hybridized carbons (Fsp3) is 0.214. The van der Waals surface area contributed by atoms with Gasteiger partial charge in [0.1, 0.15) is 30.0 Å².